The van der Waals surface area contributed by atoms with E-state index in [-0.39, 0.29) is 11.2 Å². The summed E-state index contributed by atoms with van der Waals surface area (Å²) in [6.07, 6.45) is -0.729. The molecular formula is C9H10ClFO. The third-order valence-electron chi connectivity index (χ3n) is 1.65. The van der Waals surface area contributed by atoms with E-state index >= 15 is 0 Å². The lowest BCUT2D eigenvalue weighted by atomic mass is 10.1. The van der Waals surface area contributed by atoms with Crippen LogP contribution in [0.2, 0.25) is 0 Å². The molecule has 0 bridgehead atoms. The number of hydrogen-bond donors (Lipinski definition) is 1. The fraction of sp³-hybridized carbons (Fsp3) is 0.333. The van der Waals surface area contributed by atoms with Gasteiger partial charge >= 0.3 is 0 Å². The lowest BCUT2D eigenvalue weighted by Gasteiger charge is -2.12. The summed E-state index contributed by atoms with van der Waals surface area (Å²) in [6, 6.07) is 5.66. The van der Waals surface area contributed by atoms with Gasteiger partial charge in [0, 0.05) is 0 Å². The first-order valence-electron chi connectivity index (χ1n) is 3.69. The molecule has 2 unspecified atom stereocenters. The van der Waals surface area contributed by atoms with E-state index in [0.29, 0.717) is 5.56 Å². The molecule has 2 atom stereocenters. The first kappa shape index (κ1) is 9.49. The van der Waals surface area contributed by atoms with E-state index in [0.717, 1.165) is 0 Å². The quantitative estimate of drug-likeness (QED) is 0.707. The zero-order valence-corrected chi connectivity index (χ0v) is 7.42. The highest BCUT2D eigenvalue weighted by Crippen LogP contribution is 2.20. The van der Waals surface area contributed by atoms with Crippen LogP contribution in [0.15, 0.2) is 24.3 Å². The number of alkyl halides is 1. The van der Waals surface area contributed by atoms with Gasteiger partial charge in [0.15, 0.2) is 0 Å². The van der Waals surface area contributed by atoms with Gasteiger partial charge in [0.1, 0.15) is 5.82 Å². The minimum absolute atomic E-state index is 0.312. The van der Waals surface area contributed by atoms with Gasteiger partial charge in [-0.1, -0.05) is 12.1 Å². The predicted octanol–water partition coefficient (Wildman–Crippen LogP) is 2.49. The Kier molecular flexibility index (Phi) is 3.06. The molecular weight excluding hydrogens is 179 g/mol. The van der Waals surface area contributed by atoms with E-state index in [1.807, 2.05) is 0 Å². The molecule has 3 heteroatoms. The molecule has 1 nitrogen and oxygen atoms in total. The van der Waals surface area contributed by atoms with Gasteiger partial charge in [-0.15, -0.1) is 11.6 Å². The lowest BCUT2D eigenvalue weighted by molar-refractivity contribution is 0.177. The van der Waals surface area contributed by atoms with Crippen molar-refractivity contribution in [3.8, 4) is 0 Å². The summed E-state index contributed by atoms with van der Waals surface area (Å²) in [5, 5.41) is 9.07. The molecule has 1 aromatic rings. The van der Waals surface area contributed by atoms with Crippen LogP contribution in [0.5, 0.6) is 0 Å². The van der Waals surface area contributed by atoms with Crippen molar-refractivity contribution in [1.82, 2.24) is 0 Å². The van der Waals surface area contributed by atoms with E-state index in [2.05, 4.69) is 0 Å². The maximum Gasteiger partial charge on any atom is 0.123 e. The van der Waals surface area contributed by atoms with Gasteiger partial charge in [-0.2, -0.15) is 0 Å². The second kappa shape index (κ2) is 3.87. The summed E-state index contributed by atoms with van der Waals surface area (Å²) in [7, 11) is 0. The standard InChI is InChI=1S/C9H10ClFO/c1-6(10)9(12)7-2-4-8(11)5-3-7/h2-6,9,12H,1H3. The predicted molar refractivity (Wildman–Crippen MR) is 46.7 cm³/mol. The minimum Gasteiger partial charge on any atom is -0.387 e. The summed E-state index contributed by atoms with van der Waals surface area (Å²) >= 11 is 5.66. The Morgan fingerprint density at radius 3 is 2.25 bits per heavy atom. The Balaban J connectivity index is 2.82. The summed E-state index contributed by atoms with van der Waals surface area (Å²) in [5.41, 5.74) is 0.638. The molecule has 1 aromatic carbocycles. The maximum atomic E-state index is 12.4. The van der Waals surface area contributed by atoms with Crippen molar-refractivity contribution in [3.05, 3.63) is 35.6 Å². The van der Waals surface area contributed by atoms with Gasteiger partial charge in [0.2, 0.25) is 0 Å². The molecule has 0 radical (unpaired) electrons. The fourth-order valence-corrected chi connectivity index (χ4v) is 1.07. The van der Waals surface area contributed by atoms with Crippen LogP contribution in [0.1, 0.15) is 18.6 Å². The Hall–Kier alpha value is -0.600. The Labute approximate surface area is 75.8 Å². The van der Waals surface area contributed by atoms with Gasteiger partial charge in [0.25, 0.3) is 0 Å². The molecule has 0 aliphatic heterocycles. The summed E-state index contributed by atoms with van der Waals surface area (Å²) in [6.45, 7) is 1.69. The highest BCUT2D eigenvalue weighted by Gasteiger charge is 2.12. The minimum atomic E-state index is -0.729. The van der Waals surface area contributed by atoms with E-state index in [1.165, 1.54) is 24.3 Å². The van der Waals surface area contributed by atoms with Crippen molar-refractivity contribution in [2.45, 2.75) is 18.4 Å². The molecule has 0 amide bonds. The van der Waals surface area contributed by atoms with Crippen molar-refractivity contribution < 1.29 is 9.50 Å². The highest BCUT2D eigenvalue weighted by atomic mass is 35.5. The Morgan fingerprint density at radius 2 is 1.83 bits per heavy atom. The lowest BCUT2D eigenvalue weighted by Crippen LogP contribution is -2.07. The number of rotatable bonds is 2. The van der Waals surface area contributed by atoms with Crippen molar-refractivity contribution in [2.24, 2.45) is 0 Å². The van der Waals surface area contributed by atoms with Crippen LogP contribution in [0.4, 0.5) is 4.39 Å². The molecule has 0 aliphatic carbocycles. The number of aliphatic hydroxyl groups excluding tert-OH is 1. The zero-order valence-electron chi connectivity index (χ0n) is 6.67. The van der Waals surface area contributed by atoms with Gasteiger partial charge in [0.05, 0.1) is 11.5 Å². The smallest absolute Gasteiger partial charge is 0.123 e. The second-order valence-corrected chi connectivity index (χ2v) is 3.36. The summed E-state index contributed by atoms with van der Waals surface area (Å²) in [5.74, 6) is -0.312. The SMILES string of the molecule is CC(Cl)C(O)c1ccc(F)cc1. The average Bonchev–Trinajstić information content (AvgIpc) is 2.04. The zero-order chi connectivity index (χ0) is 9.14. The molecule has 0 fully saturated rings. The summed E-state index contributed by atoms with van der Waals surface area (Å²) in [4.78, 5) is 0. The van der Waals surface area contributed by atoms with Gasteiger partial charge in [-0.25, -0.2) is 4.39 Å². The molecule has 0 aliphatic rings. The van der Waals surface area contributed by atoms with Crippen molar-refractivity contribution in [2.75, 3.05) is 0 Å². The van der Waals surface area contributed by atoms with Crippen LogP contribution in [0.3, 0.4) is 0 Å². The van der Waals surface area contributed by atoms with E-state index in [1.54, 1.807) is 6.92 Å². The number of benzene rings is 1. The van der Waals surface area contributed by atoms with E-state index in [9.17, 15) is 9.50 Å². The van der Waals surface area contributed by atoms with Crippen molar-refractivity contribution in [3.63, 3.8) is 0 Å². The largest absolute Gasteiger partial charge is 0.387 e. The van der Waals surface area contributed by atoms with Crippen LogP contribution < -0.4 is 0 Å². The normalized spacial score (nSPS) is 15.7. The fourth-order valence-electron chi connectivity index (χ4n) is 0.925. The average molecular weight is 189 g/mol. The first-order chi connectivity index (χ1) is 5.61. The number of aliphatic hydroxyl groups is 1. The Bertz CT molecular complexity index is 245. The Morgan fingerprint density at radius 1 is 1.33 bits per heavy atom. The van der Waals surface area contributed by atoms with Crippen LogP contribution in [-0.2, 0) is 0 Å². The summed E-state index contributed by atoms with van der Waals surface area (Å²) < 4.78 is 12.4. The molecule has 0 saturated heterocycles. The topological polar surface area (TPSA) is 20.2 Å². The molecule has 0 heterocycles. The molecule has 1 rings (SSSR count). The van der Waals surface area contributed by atoms with Crippen molar-refractivity contribution >= 4 is 11.6 Å². The molecule has 0 aromatic heterocycles. The van der Waals surface area contributed by atoms with Crippen molar-refractivity contribution in [1.29, 1.82) is 0 Å². The van der Waals surface area contributed by atoms with E-state index in [4.69, 9.17) is 11.6 Å². The molecule has 0 saturated carbocycles. The maximum absolute atomic E-state index is 12.4. The number of halogens is 2. The van der Waals surface area contributed by atoms with Gasteiger partial charge < -0.3 is 5.11 Å². The van der Waals surface area contributed by atoms with Crippen LogP contribution in [0.25, 0.3) is 0 Å². The third kappa shape index (κ3) is 2.19. The number of hydrogen-bond acceptors (Lipinski definition) is 1. The second-order valence-electron chi connectivity index (χ2n) is 2.67. The van der Waals surface area contributed by atoms with Gasteiger partial charge in [-0.3, -0.25) is 0 Å². The molecule has 0 spiro atoms. The van der Waals surface area contributed by atoms with E-state index < -0.39 is 6.10 Å². The molecule has 12 heavy (non-hydrogen) atoms. The first-order valence-corrected chi connectivity index (χ1v) is 4.12. The van der Waals surface area contributed by atoms with Crippen LogP contribution in [0, 0.1) is 5.82 Å². The van der Waals surface area contributed by atoms with Crippen LogP contribution >= 0.6 is 11.6 Å². The third-order valence-corrected chi connectivity index (χ3v) is 1.89. The molecule has 66 valence electrons. The highest BCUT2D eigenvalue weighted by molar-refractivity contribution is 6.20. The van der Waals surface area contributed by atoms with Gasteiger partial charge in [-0.05, 0) is 24.6 Å². The molecule has 1 N–H and O–H groups in total. The van der Waals surface area contributed by atoms with Crippen LogP contribution in [-0.4, -0.2) is 10.5 Å². The monoisotopic (exact) mass is 188 g/mol.